The summed E-state index contributed by atoms with van der Waals surface area (Å²) < 4.78 is 5.72. The average Bonchev–Trinajstić information content (AvgIpc) is 2.86. The fraction of sp³-hybridized carbons (Fsp3) is 0.259. The van der Waals surface area contributed by atoms with Gasteiger partial charge in [-0.3, -0.25) is 9.59 Å². The Labute approximate surface area is 220 Å². The number of nitrogens with one attached hydrogen (secondary N) is 1. The van der Waals surface area contributed by atoms with Gasteiger partial charge in [-0.25, -0.2) is 0 Å². The first-order valence-electron chi connectivity index (χ1n) is 11.3. The molecular formula is C27H27Cl3N2O3. The quantitative estimate of drug-likeness (QED) is 0.320. The number of carbonyl (C=O) groups excluding carboxylic acids is 2. The molecule has 5 nitrogen and oxygen atoms in total. The van der Waals surface area contributed by atoms with Crippen LogP contribution in [0.4, 0.5) is 0 Å². The van der Waals surface area contributed by atoms with Crippen LogP contribution >= 0.6 is 34.8 Å². The molecule has 3 aromatic carbocycles. The lowest BCUT2D eigenvalue weighted by Gasteiger charge is -2.31. The smallest absolute Gasteiger partial charge is 0.261 e. The van der Waals surface area contributed by atoms with E-state index in [2.05, 4.69) is 5.32 Å². The minimum Gasteiger partial charge on any atom is -0.482 e. The van der Waals surface area contributed by atoms with Crippen molar-refractivity contribution in [2.24, 2.45) is 0 Å². The predicted molar refractivity (Wildman–Crippen MR) is 141 cm³/mol. The molecule has 0 spiro atoms. The van der Waals surface area contributed by atoms with Gasteiger partial charge in [-0.1, -0.05) is 90.3 Å². The second kappa shape index (κ2) is 13.4. The molecule has 0 aromatic heterocycles. The van der Waals surface area contributed by atoms with Crippen molar-refractivity contribution in [3.63, 3.8) is 0 Å². The van der Waals surface area contributed by atoms with E-state index in [0.717, 1.165) is 17.5 Å². The summed E-state index contributed by atoms with van der Waals surface area (Å²) in [5.41, 5.74) is 1.68. The number of carbonyl (C=O) groups is 2. The van der Waals surface area contributed by atoms with Gasteiger partial charge in [0.15, 0.2) is 6.61 Å². The summed E-state index contributed by atoms with van der Waals surface area (Å²) in [7, 11) is 0. The van der Waals surface area contributed by atoms with E-state index in [4.69, 9.17) is 39.5 Å². The maximum Gasteiger partial charge on any atom is 0.261 e. The zero-order chi connectivity index (χ0) is 25.2. The number of halogens is 3. The lowest BCUT2D eigenvalue weighted by molar-refractivity contribution is -0.142. The van der Waals surface area contributed by atoms with Gasteiger partial charge in [0.2, 0.25) is 5.91 Å². The molecule has 0 aliphatic rings. The van der Waals surface area contributed by atoms with Crippen LogP contribution in [0.2, 0.25) is 15.1 Å². The van der Waals surface area contributed by atoms with Crippen LogP contribution in [0.3, 0.4) is 0 Å². The van der Waals surface area contributed by atoms with Gasteiger partial charge in [0.05, 0.1) is 15.1 Å². The fourth-order valence-corrected chi connectivity index (χ4v) is 4.05. The summed E-state index contributed by atoms with van der Waals surface area (Å²) in [5, 5.41) is 4.12. The summed E-state index contributed by atoms with van der Waals surface area (Å²) in [5.74, 6) is -0.197. The SMILES string of the molecule is CCCNC(=O)C(Cc1ccccc1)N(Cc1ccc(Cl)c(Cl)c1)C(=O)COc1ccccc1Cl. The highest BCUT2D eigenvalue weighted by molar-refractivity contribution is 6.42. The van der Waals surface area contributed by atoms with Gasteiger partial charge in [-0.2, -0.15) is 0 Å². The van der Waals surface area contributed by atoms with Crippen LogP contribution in [0, 0.1) is 0 Å². The van der Waals surface area contributed by atoms with Crippen LogP contribution in [0.5, 0.6) is 5.75 Å². The number of para-hydroxylation sites is 1. The number of hydrogen-bond donors (Lipinski definition) is 1. The molecule has 3 rings (SSSR count). The van der Waals surface area contributed by atoms with E-state index in [-0.39, 0.29) is 25.0 Å². The summed E-state index contributed by atoms with van der Waals surface area (Å²) in [6.45, 7) is 2.35. The molecule has 184 valence electrons. The zero-order valence-corrected chi connectivity index (χ0v) is 21.6. The number of amides is 2. The Kier molecular flexibility index (Phi) is 10.3. The summed E-state index contributed by atoms with van der Waals surface area (Å²) >= 11 is 18.5. The molecule has 0 radical (unpaired) electrons. The molecule has 8 heteroatoms. The van der Waals surface area contributed by atoms with E-state index in [1.807, 2.05) is 37.3 Å². The molecule has 35 heavy (non-hydrogen) atoms. The Morgan fingerprint density at radius 2 is 1.60 bits per heavy atom. The second-order valence-electron chi connectivity index (χ2n) is 7.99. The first kappa shape index (κ1) is 26.9. The summed E-state index contributed by atoms with van der Waals surface area (Å²) in [4.78, 5) is 28.3. The first-order valence-corrected chi connectivity index (χ1v) is 12.4. The van der Waals surface area contributed by atoms with Gasteiger partial charge in [-0.15, -0.1) is 0 Å². The highest BCUT2D eigenvalue weighted by atomic mass is 35.5. The molecule has 2 amide bonds. The van der Waals surface area contributed by atoms with Crippen molar-refractivity contribution in [2.45, 2.75) is 32.4 Å². The largest absolute Gasteiger partial charge is 0.482 e. The lowest BCUT2D eigenvalue weighted by Crippen LogP contribution is -2.51. The fourth-order valence-electron chi connectivity index (χ4n) is 3.54. The third-order valence-corrected chi connectivity index (χ3v) is 6.40. The van der Waals surface area contributed by atoms with Gasteiger partial charge < -0.3 is 15.0 Å². The van der Waals surface area contributed by atoms with Crippen molar-refractivity contribution in [2.75, 3.05) is 13.2 Å². The molecule has 0 saturated heterocycles. The lowest BCUT2D eigenvalue weighted by atomic mass is 10.0. The third-order valence-electron chi connectivity index (χ3n) is 5.35. The van der Waals surface area contributed by atoms with Crippen molar-refractivity contribution in [3.05, 3.63) is 99.0 Å². The first-order chi connectivity index (χ1) is 16.9. The Hall–Kier alpha value is -2.73. The van der Waals surface area contributed by atoms with Crippen molar-refractivity contribution in [1.29, 1.82) is 0 Å². The maximum absolute atomic E-state index is 13.5. The Bertz CT molecular complexity index is 1140. The molecule has 0 aliphatic heterocycles. The van der Waals surface area contributed by atoms with Crippen LogP contribution in [0.25, 0.3) is 0 Å². The highest BCUT2D eigenvalue weighted by Gasteiger charge is 2.30. The molecular weight excluding hydrogens is 507 g/mol. The van der Waals surface area contributed by atoms with E-state index < -0.39 is 6.04 Å². The zero-order valence-electron chi connectivity index (χ0n) is 19.3. The van der Waals surface area contributed by atoms with Crippen LogP contribution in [-0.2, 0) is 22.6 Å². The molecule has 0 heterocycles. The monoisotopic (exact) mass is 532 g/mol. The van der Waals surface area contributed by atoms with Gasteiger partial charge in [-0.05, 0) is 41.8 Å². The van der Waals surface area contributed by atoms with Gasteiger partial charge in [0, 0.05) is 19.5 Å². The minimum absolute atomic E-state index is 0.151. The van der Waals surface area contributed by atoms with E-state index in [0.29, 0.717) is 33.8 Å². The standard InChI is InChI=1S/C27H27Cl3N2O3/c1-2-14-31-27(34)24(16-19-8-4-3-5-9-19)32(17-20-12-13-21(28)23(30)15-20)26(33)18-35-25-11-7-6-10-22(25)29/h3-13,15,24H,2,14,16-18H2,1H3,(H,31,34). The molecule has 0 aliphatic carbocycles. The van der Waals surface area contributed by atoms with Crippen molar-refractivity contribution in [3.8, 4) is 5.75 Å². The van der Waals surface area contributed by atoms with Crippen LogP contribution < -0.4 is 10.1 Å². The molecule has 0 saturated carbocycles. The highest BCUT2D eigenvalue weighted by Crippen LogP contribution is 2.25. The number of hydrogen-bond acceptors (Lipinski definition) is 3. The Balaban J connectivity index is 1.92. The van der Waals surface area contributed by atoms with Gasteiger partial charge >= 0.3 is 0 Å². The predicted octanol–water partition coefficient (Wildman–Crippen LogP) is 6.19. The number of nitrogens with zero attached hydrogens (tertiary/aromatic N) is 1. The van der Waals surface area contributed by atoms with E-state index in [9.17, 15) is 9.59 Å². The van der Waals surface area contributed by atoms with Crippen LogP contribution in [0.1, 0.15) is 24.5 Å². The van der Waals surface area contributed by atoms with Crippen molar-refractivity contribution < 1.29 is 14.3 Å². The molecule has 0 fully saturated rings. The van der Waals surface area contributed by atoms with Crippen molar-refractivity contribution in [1.82, 2.24) is 10.2 Å². The molecule has 3 aromatic rings. The van der Waals surface area contributed by atoms with Crippen LogP contribution in [0.15, 0.2) is 72.8 Å². The Morgan fingerprint density at radius 1 is 0.886 bits per heavy atom. The normalized spacial score (nSPS) is 11.5. The average molecular weight is 534 g/mol. The number of benzene rings is 3. The summed E-state index contributed by atoms with van der Waals surface area (Å²) in [6, 6.07) is 20.9. The van der Waals surface area contributed by atoms with E-state index >= 15 is 0 Å². The van der Waals surface area contributed by atoms with E-state index in [1.54, 1.807) is 42.5 Å². The minimum atomic E-state index is -0.763. The number of rotatable bonds is 11. The van der Waals surface area contributed by atoms with Gasteiger partial charge in [0.25, 0.3) is 5.91 Å². The third kappa shape index (κ3) is 7.89. The molecule has 1 atom stereocenters. The van der Waals surface area contributed by atoms with E-state index in [1.165, 1.54) is 4.90 Å². The second-order valence-corrected chi connectivity index (χ2v) is 9.21. The van der Waals surface area contributed by atoms with Crippen LogP contribution in [-0.4, -0.2) is 35.9 Å². The topological polar surface area (TPSA) is 58.6 Å². The summed E-state index contributed by atoms with van der Waals surface area (Å²) in [6.07, 6.45) is 1.12. The molecule has 0 bridgehead atoms. The molecule has 1 unspecified atom stereocenters. The van der Waals surface area contributed by atoms with Crippen molar-refractivity contribution >= 4 is 46.6 Å². The number of ether oxygens (including phenoxy) is 1. The Morgan fingerprint density at radius 3 is 2.29 bits per heavy atom. The molecule has 1 N–H and O–H groups in total. The van der Waals surface area contributed by atoms with Gasteiger partial charge in [0.1, 0.15) is 11.8 Å². The maximum atomic E-state index is 13.5.